The highest BCUT2D eigenvalue weighted by Gasteiger charge is 2.27. The van der Waals surface area contributed by atoms with Crippen molar-refractivity contribution in [1.82, 2.24) is 9.73 Å². The predicted molar refractivity (Wildman–Crippen MR) is 107 cm³/mol. The maximum atomic E-state index is 13.4. The average molecular weight is 419 g/mol. The number of hydrogen-bond donors (Lipinski definition) is 2. The van der Waals surface area contributed by atoms with Gasteiger partial charge in [-0.05, 0) is 61.7 Å². The van der Waals surface area contributed by atoms with Crippen LogP contribution < -0.4 is 5.43 Å². The molecule has 1 aliphatic heterocycles. The molecule has 1 saturated heterocycles. The smallest absolute Gasteiger partial charge is 0.271 e. The second-order valence-corrected chi connectivity index (χ2v) is 8.59. The summed E-state index contributed by atoms with van der Waals surface area (Å²) >= 11 is 0. The Morgan fingerprint density at radius 3 is 2.45 bits per heavy atom. The van der Waals surface area contributed by atoms with E-state index in [0.717, 1.165) is 25.0 Å². The Morgan fingerprint density at radius 2 is 1.83 bits per heavy atom. The molecule has 2 aromatic carbocycles. The number of sulfonamides is 1. The van der Waals surface area contributed by atoms with Crippen LogP contribution in [0, 0.1) is 5.82 Å². The zero-order valence-corrected chi connectivity index (χ0v) is 16.7. The number of rotatable bonds is 6. The number of amides is 1. The molecule has 0 aliphatic carbocycles. The summed E-state index contributed by atoms with van der Waals surface area (Å²) in [5.74, 6) is -1.21. The van der Waals surface area contributed by atoms with E-state index < -0.39 is 21.7 Å². The van der Waals surface area contributed by atoms with Crippen LogP contribution in [0.2, 0.25) is 0 Å². The van der Waals surface area contributed by atoms with Crippen LogP contribution in [-0.4, -0.2) is 42.5 Å². The Balaban J connectivity index is 1.75. The van der Waals surface area contributed by atoms with Gasteiger partial charge < -0.3 is 5.11 Å². The summed E-state index contributed by atoms with van der Waals surface area (Å²) in [6, 6.07) is 9.11. The molecule has 7 nitrogen and oxygen atoms in total. The number of phenols is 1. The Kier molecular flexibility index (Phi) is 6.29. The van der Waals surface area contributed by atoms with Gasteiger partial charge in [-0.15, -0.1) is 0 Å². The first-order chi connectivity index (χ1) is 13.8. The van der Waals surface area contributed by atoms with Gasteiger partial charge in [-0.25, -0.2) is 18.2 Å². The summed E-state index contributed by atoms with van der Waals surface area (Å²) < 4.78 is 40.0. The molecule has 1 aliphatic rings. The topological polar surface area (TPSA) is 99.1 Å². The largest absolute Gasteiger partial charge is 0.507 e. The molecule has 29 heavy (non-hydrogen) atoms. The number of phenolic OH excluding ortho intramolecular Hbond substituents is 1. The Labute approximate surface area is 168 Å². The van der Waals surface area contributed by atoms with E-state index in [2.05, 4.69) is 10.5 Å². The van der Waals surface area contributed by atoms with E-state index >= 15 is 0 Å². The predicted octanol–water partition coefficient (Wildman–Crippen LogP) is 2.86. The molecule has 0 atom stereocenters. The second kappa shape index (κ2) is 8.71. The van der Waals surface area contributed by atoms with Gasteiger partial charge in [0.05, 0.1) is 10.6 Å². The van der Waals surface area contributed by atoms with Gasteiger partial charge in [-0.3, -0.25) is 4.79 Å². The molecule has 0 aromatic heterocycles. The van der Waals surface area contributed by atoms with Crippen molar-refractivity contribution in [3.8, 4) is 5.75 Å². The Hall–Kier alpha value is -2.78. The summed E-state index contributed by atoms with van der Waals surface area (Å²) in [5, 5.41) is 13.9. The molecular formula is C20H22FN3O4S. The number of aromatic hydroxyl groups is 1. The molecule has 0 radical (unpaired) electrons. The fraction of sp³-hybridized carbons (Fsp3) is 0.300. The zero-order chi connectivity index (χ0) is 21.0. The van der Waals surface area contributed by atoms with Crippen LogP contribution >= 0.6 is 0 Å². The summed E-state index contributed by atoms with van der Waals surface area (Å²) in [6.45, 7) is 2.77. The zero-order valence-electron chi connectivity index (χ0n) is 15.9. The van der Waals surface area contributed by atoms with E-state index in [1.165, 1.54) is 34.6 Å². The van der Waals surface area contributed by atoms with Crippen molar-refractivity contribution >= 4 is 21.6 Å². The molecule has 3 rings (SSSR count). The van der Waals surface area contributed by atoms with E-state index in [9.17, 15) is 22.7 Å². The van der Waals surface area contributed by atoms with Gasteiger partial charge in [-0.1, -0.05) is 6.92 Å². The highest BCUT2D eigenvalue weighted by atomic mass is 32.2. The van der Waals surface area contributed by atoms with Gasteiger partial charge in [0, 0.05) is 24.2 Å². The fourth-order valence-corrected chi connectivity index (χ4v) is 4.62. The average Bonchev–Trinajstić information content (AvgIpc) is 3.26. The van der Waals surface area contributed by atoms with Crippen molar-refractivity contribution < 1.29 is 22.7 Å². The van der Waals surface area contributed by atoms with Gasteiger partial charge in [0.1, 0.15) is 11.6 Å². The molecular weight excluding hydrogens is 397 g/mol. The molecule has 1 amide bonds. The van der Waals surface area contributed by atoms with Gasteiger partial charge in [0.2, 0.25) is 10.0 Å². The summed E-state index contributed by atoms with van der Waals surface area (Å²) in [6.07, 6.45) is 2.04. The molecule has 0 bridgehead atoms. The molecule has 2 N–H and O–H groups in total. The third-order valence-corrected chi connectivity index (χ3v) is 6.63. The monoisotopic (exact) mass is 419 g/mol. The van der Waals surface area contributed by atoms with Crippen LogP contribution in [0.5, 0.6) is 5.75 Å². The van der Waals surface area contributed by atoms with Gasteiger partial charge in [0.25, 0.3) is 5.91 Å². The van der Waals surface area contributed by atoms with Crippen LogP contribution in [0.4, 0.5) is 4.39 Å². The number of nitrogens with one attached hydrogen (secondary N) is 1. The first kappa shape index (κ1) is 20.9. The Bertz CT molecular complexity index is 1030. The highest BCUT2D eigenvalue weighted by molar-refractivity contribution is 7.89. The van der Waals surface area contributed by atoms with Crippen LogP contribution in [-0.2, 0) is 10.0 Å². The minimum Gasteiger partial charge on any atom is -0.507 e. The minimum atomic E-state index is -3.54. The first-order valence-corrected chi connectivity index (χ1v) is 10.7. The second-order valence-electron chi connectivity index (χ2n) is 6.65. The number of benzene rings is 2. The number of nitrogens with zero attached hydrogens (tertiary/aromatic N) is 2. The van der Waals surface area contributed by atoms with E-state index in [-0.39, 0.29) is 21.8 Å². The van der Waals surface area contributed by atoms with Crippen molar-refractivity contribution in [3.05, 3.63) is 59.4 Å². The molecule has 0 spiro atoms. The van der Waals surface area contributed by atoms with Crippen LogP contribution in [0.3, 0.4) is 0 Å². The molecule has 154 valence electrons. The number of hydrazone groups is 1. The van der Waals surface area contributed by atoms with Crippen molar-refractivity contribution in [2.75, 3.05) is 13.1 Å². The lowest BCUT2D eigenvalue weighted by molar-refractivity contribution is 0.0954. The van der Waals surface area contributed by atoms with Crippen LogP contribution in [0.15, 0.2) is 52.5 Å². The molecule has 1 fully saturated rings. The van der Waals surface area contributed by atoms with Crippen molar-refractivity contribution in [2.45, 2.75) is 31.1 Å². The van der Waals surface area contributed by atoms with E-state index in [1.54, 1.807) is 6.92 Å². The SMILES string of the molecule is CC/C(=N\NC(=O)c1ccc(S(=O)(=O)N2CCCC2)cc1)c1cc(F)ccc1O. The highest BCUT2D eigenvalue weighted by Crippen LogP contribution is 2.22. The lowest BCUT2D eigenvalue weighted by Crippen LogP contribution is -2.28. The Morgan fingerprint density at radius 1 is 1.17 bits per heavy atom. The molecule has 0 unspecified atom stereocenters. The van der Waals surface area contributed by atoms with E-state index in [1.807, 2.05) is 0 Å². The van der Waals surface area contributed by atoms with Gasteiger partial charge >= 0.3 is 0 Å². The lowest BCUT2D eigenvalue weighted by atomic mass is 10.1. The van der Waals surface area contributed by atoms with Crippen molar-refractivity contribution in [3.63, 3.8) is 0 Å². The van der Waals surface area contributed by atoms with Crippen LogP contribution in [0.25, 0.3) is 0 Å². The van der Waals surface area contributed by atoms with Gasteiger partial charge in [-0.2, -0.15) is 9.41 Å². The first-order valence-electron chi connectivity index (χ1n) is 9.29. The quantitative estimate of drug-likeness (QED) is 0.556. The van der Waals surface area contributed by atoms with E-state index in [4.69, 9.17) is 0 Å². The number of hydrogen-bond acceptors (Lipinski definition) is 5. The maximum absolute atomic E-state index is 13.4. The van der Waals surface area contributed by atoms with Gasteiger partial charge in [0.15, 0.2) is 0 Å². The minimum absolute atomic E-state index is 0.137. The third kappa shape index (κ3) is 4.63. The normalized spacial score (nSPS) is 15.4. The number of carbonyl (C=O) groups excluding carboxylic acids is 1. The van der Waals surface area contributed by atoms with E-state index in [0.29, 0.717) is 25.2 Å². The summed E-state index contributed by atoms with van der Waals surface area (Å²) in [4.78, 5) is 12.5. The fourth-order valence-electron chi connectivity index (χ4n) is 3.11. The van der Waals surface area contributed by atoms with Crippen molar-refractivity contribution in [1.29, 1.82) is 0 Å². The summed E-state index contributed by atoms with van der Waals surface area (Å²) in [5.41, 5.74) is 3.10. The standard InChI is InChI=1S/C20H22FN3O4S/c1-2-18(17-13-15(21)7-10-19(17)25)22-23-20(26)14-5-8-16(9-6-14)29(27,28)24-11-3-4-12-24/h5-10,13,25H,2-4,11-12H2,1H3,(H,23,26)/b22-18+. The number of halogens is 1. The van der Waals surface area contributed by atoms with Crippen LogP contribution in [0.1, 0.15) is 42.1 Å². The molecule has 1 heterocycles. The number of carbonyl (C=O) groups is 1. The summed E-state index contributed by atoms with van der Waals surface area (Å²) in [7, 11) is -3.54. The third-order valence-electron chi connectivity index (χ3n) is 4.72. The molecule has 9 heteroatoms. The molecule has 2 aromatic rings. The van der Waals surface area contributed by atoms with Crippen molar-refractivity contribution in [2.24, 2.45) is 5.10 Å². The molecule has 0 saturated carbocycles. The lowest BCUT2D eigenvalue weighted by Gasteiger charge is -2.15. The maximum Gasteiger partial charge on any atom is 0.271 e.